The first-order valence-electron chi connectivity index (χ1n) is 7.20. The van der Waals surface area contributed by atoms with Crippen LogP contribution in [0, 0.1) is 0 Å². The molecule has 3 nitrogen and oxygen atoms in total. The van der Waals surface area contributed by atoms with Crippen molar-refractivity contribution >= 4 is 22.8 Å². The van der Waals surface area contributed by atoms with Crippen LogP contribution < -0.4 is 5.73 Å². The Labute approximate surface area is 118 Å². The molecule has 1 saturated carbocycles. The number of aromatic nitrogens is 2. The van der Waals surface area contributed by atoms with Gasteiger partial charge in [-0.2, -0.15) is 0 Å². The van der Waals surface area contributed by atoms with Gasteiger partial charge in [-0.15, -0.1) is 0 Å². The molecule has 19 heavy (non-hydrogen) atoms. The number of rotatable bonds is 2. The zero-order valence-corrected chi connectivity index (χ0v) is 12.0. The van der Waals surface area contributed by atoms with Crippen molar-refractivity contribution in [2.75, 3.05) is 0 Å². The van der Waals surface area contributed by atoms with Crippen LogP contribution in [0.1, 0.15) is 38.5 Å². The van der Waals surface area contributed by atoms with Crippen molar-refractivity contribution in [2.24, 2.45) is 5.73 Å². The van der Waals surface area contributed by atoms with Crippen molar-refractivity contribution < 1.29 is 0 Å². The second-order valence-corrected chi connectivity index (χ2v) is 6.60. The van der Waals surface area contributed by atoms with Crippen LogP contribution in [-0.2, 0) is 0 Å². The maximum atomic E-state index is 6.33. The average Bonchev–Trinajstić information content (AvgIpc) is 2.81. The van der Waals surface area contributed by atoms with E-state index in [4.69, 9.17) is 5.73 Å². The molecule has 4 heteroatoms. The molecule has 0 aliphatic heterocycles. The normalized spacial score (nSPS) is 25.1. The average molecular weight is 275 g/mol. The van der Waals surface area contributed by atoms with Crippen molar-refractivity contribution in [3.8, 4) is 0 Å². The van der Waals surface area contributed by atoms with Gasteiger partial charge in [0.05, 0.1) is 11.0 Å². The van der Waals surface area contributed by atoms with Crippen molar-refractivity contribution in [1.82, 2.24) is 9.97 Å². The Morgan fingerprint density at radius 1 is 1.11 bits per heavy atom. The van der Waals surface area contributed by atoms with Crippen LogP contribution in [0.2, 0.25) is 0 Å². The summed E-state index contributed by atoms with van der Waals surface area (Å²) in [6, 6.07) is 8.49. The SMILES string of the molecule is NC1CCCCCCC1Sc1nc2ccccc2[nH]1. The molecule has 0 bridgehead atoms. The third kappa shape index (κ3) is 3.12. The molecule has 1 aromatic heterocycles. The van der Waals surface area contributed by atoms with Gasteiger partial charge >= 0.3 is 0 Å². The van der Waals surface area contributed by atoms with E-state index in [-0.39, 0.29) is 0 Å². The van der Waals surface area contributed by atoms with Gasteiger partial charge in [-0.3, -0.25) is 0 Å². The second kappa shape index (κ2) is 5.97. The third-order valence-electron chi connectivity index (χ3n) is 3.88. The highest BCUT2D eigenvalue weighted by atomic mass is 32.2. The molecule has 1 aliphatic rings. The minimum atomic E-state index is 0.304. The minimum Gasteiger partial charge on any atom is -0.333 e. The highest BCUT2D eigenvalue weighted by Crippen LogP contribution is 2.31. The van der Waals surface area contributed by atoms with E-state index < -0.39 is 0 Å². The Morgan fingerprint density at radius 3 is 2.74 bits per heavy atom. The molecule has 2 atom stereocenters. The topological polar surface area (TPSA) is 54.7 Å². The fourth-order valence-electron chi connectivity index (χ4n) is 2.75. The monoisotopic (exact) mass is 275 g/mol. The molecule has 102 valence electrons. The van der Waals surface area contributed by atoms with Crippen LogP contribution in [-0.4, -0.2) is 21.3 Å². The predicted molar refractivity (Wildman–Crippen MR) is 81.4 cm³/mol. The molecular weight excluding hydrogens is 254 g/mol. The van der Waals surface area contributed by atoms with E-state index in [1.165, 1.54) is 32.1 Å². The van der Waals surface area contributed by atoms with Crippen molar-refractivity contribution in [2.45, 2.75) is 55.0 Å². The molecule has 0 radical (unpaired) electrons. The lowest BCUT2D eigenvalue weighted by atomic mass is 9.97. The number of nitrogens with one attached hydrogen (secondary N) is 1. The summed E-state index contributed by atoms with van der Waals surface area (Å²) in [4.78, 5) is 8.04. The minimum absolute atomic E-state index is 0.304. The van der Waals surface area contributed by atoms with Gasteiger partial charge in [0.2, 0.25) is 0 Å². The van der Waals surface area contributed by atoms with Gasteiger partial charge in [0.1, 0.15) is 0 Å². The van der Waals surface area contributed by atoms with Gasteiger partial charge < -0.3 is 10.7 Å². The van der Waals surface area contributed by atoms with E-state index >= 15 is 0 Å². The maximum Gasteiger partial charge on any atom is 0.166 e. The van der Waals surface area contributed by atoms with Crippen molar-refractivity contribution in [3.05, 3.63) is 24.3 Å². The summed E-state index contributed by atoms with van der Waals surface area (Å²) in [6.07, 6.45) is 7.63. The van der Waals surface area contributed by atoms with E-state index in [9.17, 15) is 0 Å². The van der Waals surface area contributed by atoms with E-state index in [2.05, 4.69) is 16.0 Å². The molecule has 0 amide bonds. The number of nitrogens with zero attached hydrogens (tertiary/aromatic N) is 1. The molecule has 1 fully saturated rings. The summed E-state index contributed by atoms with van der Waals surface area (Å²) in [6.45, 7) is 0. The van der Waals surface area contributed by atoms with Crippen molar-refractivity contribution in [3.63, 3.8) is 0 Å². The van der Waals surface area contributed by atoms with Crippen LogP contribution in [0.15, 0.2) is 29.4 Å². The second-order valence-electron chi connectivity index (χ2n) is 5.37. The Bertz CT molecular complexity index is 504. The Morgan fingerprint density at radius 2 is 1.89 bits per heavy atom. The standard InChI is InChI=1S/C15H21N3S/c16-11-7-3-1-2-4-10-14(11)19-15-17-12-8-5-6-9-13(12)18-15/h5-6,8-9,11,14H,1-4,7,10,16H2,(H,17,18). The number of fused-ring (bicyclic) bond motifs is 1. The fourth-order valence-corrected chi connectivity index (χ4v) is 3.96. The number of H-pyrrole nitrogens is 1. The molecule has 1 aliphatic carbocycles. The zero-order chi connectivity index (χ0) is 13.1. The largest absolute Gasteiger partial charge is 0.333 e. The third-order valence-corrected chi connectivity index (χ3v) is 5.19. The molecule has 3 rings (SSSR count). The van der Waals surface area contributed by atoms with Crippen LogP contribution in [0.5, 0.6) is 0 Å². The number of para-hydroxylation sites is 2. The van der Waals surface area contributed by atoms with Gasteiger partial charge in [-0.1, -0.05) is 49.6 Å². The number of benzene rings is 1. The van der Waals surface area contributed by atoms with Gasteiger partial charge in [-0.25, -0.2) is 4.98 Å². The predicted octanol–water partition coefficient (Wildman–Crippen LogP) is 3.71. The lowest BCUT2D eigenvalue weighted by Gasteiger charge is -2.24. The zero-order valence-electron chi connectivity index (χ0n) is 11.1. The molecule has 0 spiro atoms. The Hall–Kier alpha value is -1.00. The summed E-state index contributed by atoms with van der Waals surface area (Å²) in [5.74, 6) is 0. The molecule has 2 aromatic rings. The van der Waals surface area contributed by atoms with E-state index in [0.29, 0.717) is 11.3 Å². The van der Waals surface area contributed by atoms with Gasteiger partial charge in [0, 0.05) is 11.3 Å². The quantitative estimate of drug-likeness (QED) is 0.878. The molecule has 0 saturated heterocycles. The van der Waals surface area contributed by atoms with Crippen LogP contribution in [0.3, 0.4) is 0 Å². The number of hydrogen-bond donors (Lipinski definition) is 2. The lowest BCUT2D eigenvalue weighted by molar-refractivity contribution is 0.463. The summed E-state index contributed by atoms with van der Waals surface area (Å²) < 4.78 is 0. The molecule has 3 N–H and O–H groups in total. The first kappa shape index (κ1) is 13.0. The number of thioether (sulfide) groups is 1. The number of imidazole rings is 1. The first-order chi connectivity index (χ1) is 9.33. The number of hydrogen-bond acceptors (Lipinski definition) is 3. The lowest BCUT2D eigenvalue weighted by Crippen LogP contribution is -2.33. The Balaban J connectivity index is 1.74. The van der Waals surface area contributed by atoms with E-state index in [1.54, 1.807) is 0 Å². The molecule has 1 aromatic carbocycles. The summed E-state index contributed by atoms with van der Waals surface area (Å²) in [5, 5.41) is 1.52. The molecule has 2 unspecified atom stereocenters. The highest BCUT2D eigenvalue weighted by Gasteiger charge is 2.21. The smallest absolute Gasteiger partial charge is 0.166 e. The summed E-state index contributed by atoms with van der Waals surface area (Å²) in [7, 11) is 0. The van der Waals surface area contributed by atoms with Crippen LogP contribution in [0.25, 0.3) is 11.0 Å². The van der Waals surface area contributed by atoms with Gasteiger partial charge in [0.25, 0.3) is 0 Å². The summed E-state index contributed by atoms with van der Waals surface area (Å²) in [5.41, 5.74) is 8.49. The Kier molecular flexibility index (Phi) is 4.09. The molecular formula is C15H21N3S. The van der Waals surface area contributed by atoms with E-state index in [1.807, 2.05) is 30.0 Å². The number of nitrogens with two attached hydrogens (primary N) is 1. The van der Waals surface area contributed by atoms with Gasteiger partial charge in [0.15, 0.2) is 5.16 Å². The highest BCUT2D eigenvalue weighted by molar-refractivity contribution is 7.99. The van der Waals surface area contributed by atoms with Crippen LogP contribution in [0.4, 0.5) is 0 Å². The first-order valence-corrected chi connectivity index (χ1v) is 8.08. The number of aromatic amines is 1. The maximum absolute atomic E-state index is 6.33. The van der Waals surface area contributed by atoms with Crippen molar-refractivity contribution in [1.29, 1.82) is 0 Å². The summed E-state index contributed by atoms with van der Waals surface area (Å²) >= 11 is 1.83. The van der Waals surface area contributed by atoms with Crippen LogP contribution >= 0.6 is 11.8 Å². The van der Waals surface area contributed by atoms with Gasteiger partial charge in [-0.05, 0) is 25.0 Å². The molecule has 1 heterocycles. The van der Waals surface area contributed by atoms with E-state index in [0.717, 1.165) is 22.6 Å². The fraction of sp³-hybridized carbons (Fsp3) is 0.533.